The van der Waals surface area contributed by atoms with Gasteiger partial charge < -0.3 is 14.4 Å². The molecule has 1 fully saturated rings. The summed E-state index contributed by atoms with van der Waals surface area (Å²) in [7, 11) is 0. The van der Waals surface area contributed by atoms with E-state index in [2.05, 4.69) is 0 Å². The van der Waals surface area contributed by atoms with Gasteiger partial charge in [-0.15, -0.1) is 0 Å². The number of aliphatic hydroxyl groups excluding tert-OH is 1. The monoisotopic (exact) mass is 390 g/mol. The number of rotatable bonds is 3. The van der Waals surface area contributed by atoms with E-state index in [1.165, 1.54) is 6.07 Å². The Kier molecular flexibility index (Phi) is 5.18. The van der Waals surface area contributed by atoms with Crippen LogP contribution in [0, 0.1) is 0 Å². The number of furan rings is 1. The highest BCUT2D eigenvalue weighted by atomic mass is 35.5. The van der Waals surface area contributed by atoms with Crippen LogP contribution in [-0.2, 0) is 11.0 Å². The van der Waals surface area contributed by atoms with Crippen molar-refractivity contribution in [3.63, 3.8) is 0 Å². The fourth-order valence-electron chi connectivity index (χ4n) is 3.16. The van der Waals surface area contributed by atoms with Crippen molar-refractivity contribution < 1.29 is 27.5 Å². The van der Waals surface area contributed by atoms with Gasteiger partial charge >= 0.3 is 6.18 Å². The summed E-state index contributed by atoms with van der Waals surface area (Å²) in [6.45, 7) is 3.35. The molecule has 1 aliphatic heterocycles. The predicted molar refractivity (Wildman–Crippen MR) is 89.9 cm³/mol. The Balaban J connectivity index is 1.82. The van der Waals surface area contributed by atoms with Gasteiger partial charge in [-0.05, 0) is 25.1 Å². The molecular formula is C17H18ClF3N2O3. The minimum absolute atomic E-state index is 0.174. The average Bonchev–Trinajstić information content (AvgIpc) is 2.96. The van der Waals surface area contributed by atoms with Gasteiger partial charge in [0.15, 0.2) is 0 Å². The summed E-state index contributed by atoms with van der Waals surface area (Å²) in [4.78, 5) is 15.1. The summed E-state index contributed by atoms with van der Waals surface area (Å²) in [6, 6.07) is 2.99. The van der Waals surface area contributed by atoms with Crippen LogP contribution in [0.5, 0.6) is 0 Å². The first-order valence-corrected chi connectivity index (χ1v) is 8.52. The number of hydrogen-bond donors (Lipinski definition) is 1. The van der Waals surface area contributed by atoms with Gasteiger partial charge in [-0.2, -0.15) is 13.2 Å². The van der Waals surface area contributed by atoms with E-state index < -0.39 is 18.3 Å². The van der Waals surface area contributed by atoms with E-state index in [1.54, 1.807) is 4.90 Å². The van der Waals surface area contributed by atoms with Crippen molar-refractivity contribution in [2.75, 3.05) is 32.8 Å². The lowest BCUT2D eigenvalue weighted by atomic mass is 10.1. The van der Waals surface area contributed by atoms with Crippen LogP contribution >= 0.6 is 11.6 Å². The van der Waals surface area contributed by atoms with E-state index in [9.17, 15) is 18.0 Å². The van der Waals surface area contributed by atoms with Gasteiger partial charge in [0.25, 0.3) is 0 Å². The number of alkyl halides is 3. The molecule has 5 nitrogen and oxygen atoms in total. The number of amides is 1. The van der Waals surface area contributed by atoms with E-state index in [4.69, 9.17) is 21.1 Å². The number of aliphatic hydroxyl groups is 1. The van der Waals surface area contributed by atoms with Crippen LogP contribution < -0.4 is 0 Å². The third-order valence-electron chi connectivity index (χ3n) is 4.71. The van der Waals surface area contributed by atoms with E-state index in [1.807, 2.05) is 11.8 Å². The molecule has 1 aromatic heterocycles. The first-order valence-electron chi connectivity index (χ1n) is 8.14. The molecule has 9 heteroatoms. The first kappa shape index (κ1) is 19.0. The molecule has 1 amide bonds. The van der Waals surface area contributed by atoms with Gasteiger partial charge in [0.2, 0.25) is 5.91 Å². The topological polar surface area (TPSA) is 56.9 Å². The maximum atomic E-state index is 12.9. The molecule has 26 heavy (non-hydrogen) atoms. The van der Waals surface area contributed by atoms with Gasteiger partial charge in [0.05, 0.1) is 16.6 Å². The van der Waals surface area contributed by atoms with Crippen LogP contribution in [0.4, 0.5) is 13.2 Å². The Bertz CT molecular complexity index is 813. The molecule has 1 aromatic carbocycles. The maximum absolute atomic E-state index is 12.9. The van der Waals surface area contributed by atoms with Crippen molar-refractivity contribution in [2.24, 2.45) is 0 Å². The third-order valence-corrected chi connectivity index (χ3v) is 5.10. The summed E-state index contributed by atoms with van der Waals surface area (Å²) in [5.41, 5.74) is -0.470. The first-order chi connectivity index (χ1) is 12.2. The highest BCUT2D eigenvalue weighted by Gasteiger charge is 2.32. The van der Waals surface area contributed by atoms with E-state index in [-0.39, 0.29) is 22.4 Å². The summed E-state index contributed by atoms with van der Waals surface area (Å²) in [5, 5.41) is 9.33. The molecule has 2 aromatic rings. The molecule has 3 rings (SSSR count). The molecular weight excluding hydrogens is 373 g/mol. The normalized spacial score (nSPS) is 17.7. The Labute approximate surface area is 152 Å². The van der Waals surface area contributed by atoms with E-state index >= 15 is 0 Å². The fraction of sp³-hybridized carbons (Fsp3) is 0.471. The molecule has 1 aliphatic rings. The molecule has 2 heterocycles. The second-order valence-corrected chi connectivity index (χ2v) is 6.62. The molecule has 0 bridgehead atoms. The predicted octanol–water partition coefficient (Wildman–Crippen LogP) is 3.30. The molecule has 0 radical (unpaired) electrons. The molecule has 0 spiro atoms. The molecule has 1 atom stereocenters. The van der Waals surface area contributed by atoms with Crippen LogP contribution in [0.3, 0.4) is 0 Å². The highest BCUT2D eigenvalue weighted by Crippen LogP contribution is 2.39. The van der Waals surface area contributed by atoms with Crippen molar-refractivity contribution in [1.29, 1.82) is 0 Å². The van der Waals surface area contributed by atoms with E-state index in [0.717, 1.165) is 12.1 Å². The van der Waals surface area contributed by atoms with Crippen molar-refractivity contribution in [1.82, 2.24) is 9.80 Å². The lowest BCUT2D eigenvalue weighted by Gasteiger charge is -2.37. The van der Waals surface area contributed by atoms with Crippen molar-refractivity contribution >= 4 is 28.5 Å². The van der Waals surface area contributed by atoms with Crippen molar-refractivity contribution in [2.45, 2.75) is 19.1 Å². The zero-order valence-corrected chi connectivity index (χ0v) is 14.8. The van der Waals surface area contributed by atoms with Crippen LogP contribution in [-0.4, -0.2) is 53.6 Å². The Hall–Kier alpha value is -1.77. The standard InChI is InChI=1S/C17H18ClF3N2O3/c1-10(22-4-6-23(7-5-22)14(25)9-24)16-15(18)12-8-11(17(19,20)21)2-3-13(12)26-16/h2-3,8,10,24H,4-7,9H2,1H3. The molecule has 1 N–H and O–H groups in total. The van der Waals surface area contributed by atoms with Crippen molar-refractivity contribution in [3.05, 3.63) is 34.5 Å². The quantitative estimate of drug-likeness (QED) is 0.873. The molecule has 1 saturated heterocycles. The Morgan fingerprint density at radius 3 is 2.54 bits per heavy atom. The van der Waals surface area contributed by atoms with Gasteiger partial charge in [-0.25, -0.2) is 0 Å². The minimum Gasteiger partial charge on any atom is -0.458 e. The zero-order valence-electron chi connectivity index (χ0n) is 14.0. The number of piperazine rings is 1. The summed E-state index contributed by atoms with van der Waals surface area (Å²) < 4.78 is 44.4. The number of halogens is 4. The van der Waals surface area contributed by atoms with Gasteiger partial charge in [0.1, 0.15) is 18.0 Å². The molecule has 0 aliphatic carbocycles. The Morgan fingerprint density at radius 2 is 1.96 bits per heavy atom. The number of carbonyl (C=O) groups is 1. The number of nitrogens with zero attached hydrogens (tertiary/aromatic N) is 2. The van der Waals surface area contributed by atoms with Crippen LogP contribution in [0.2, 0.25) is 5.02 Å². The van der Waals surface area contributed by atoms with Gasteiger partial charge in [-0.3, -0.25) is 9.69 Å². The van der Waals surface area contributed by atoms with Gasteiger partial charge in [0, 0.05) is 31.6 Å². The minimum atomic E-state index is -4.45. The smallest absolute Gasteiger partial charge is 0.416 e. The van der Waals surface area contributed by atoms with Crippen LogP contribution in [0.1, 0.15) is 24.3 Å². The number of benzene rings is 1. The summed E-state index contributed by atoms with van der Waals surface area (Å²) >= 11 is 6.31. The number of fused-ring (bicyclic) bond motifs is 1. The molecule has 142 valence electrons. The summed E-state index contributed by atoms with van der Waals surface area (Å²) in [5.74, 6) is 0.0849. The maximum Gasteiger partial charge on any atom is 0.416 e. The highest BCUT2D eigenvalue weighted by molar-refractivity contribution is 6.36. The lowest BCUT2D eigenvalue weighted by molar-refractivity contribution is -0.137. The zero-order chi connectivity index (χ0) is 19.1. The fourth-order valence-corrected chi connectivity index (χ4v) is 3.50. The summed E-state index contributed by atoms with van der Waals surface area (Å²) in [6.07, 6.45) is -4.45. The SMILES string of the molecule is CC(c1oc2ccc(C(F)(F)F)cc2c1Cl)N1CCN(C(=O)CO)CC1. The third kappa shape index (κ3) is 3.54. The number of hydrogen-bond acceptors (Lipinski definition) is 4. The number of carbonyl (C=O) groups excluding carboxylic acids is 1. The second kappa shape index (κ2) is 7.09. The van der Waals surface area contributed by atoms with E-state index in [0.29, 0.717) is 37.5 Å². The molecule has 0 saturated carbocycles. The Morgan fingerprint density at radius 1 is 1.31 bits per heavy atom. The van der Waals surface area contributed by atoms with Crippen LogP contribution in [0.25, 0.3) is 11.0 Å². The lowest BCUT2D eigenvalue weighted by Crippen LogP contribution is -2.50. The molecule has 1 unspecified atom stereocenters. The second-order valence-electron chi connectivity index (χ2n) is 6.24. The van der Waals surface area contributed by atoms with Crippen molar-refractivity contribution in [3.8, 4) is 0 Å². The largest absolute Gasteiger partial charge is 0.458 e. The van der Waals surface area contributed by atoms with Gasteiger partial charge in [-0.1, -0.05) is 11.6 Å². The van der Waals surface area contributed by atoms with Crippen LogP contribution in [0.15, 0.2) is 22.6 Å². The average molecular weight is 391 g/mol.